The van der Waals surface area contributed by atoms with Crippen molar-refractivity contribution in [1.82, 2.24) is 0 Å². The van der Waals surface area contributed by atoms with E-state index in [-0.39, 0.29) is 0 Å². The molecule has 0 aromatic heterocycles. The third kappa shape index (κ3) is 1.08. The maximum atomic E-state index is 5.51. The third-order valence-corrected chi connectivity index (χ3v) is 3.17. The molecule has 0 amide bonds. The van der Waals surface area contributed by atoms with Gasteiger partial charge < -0.3 is 4.74 Å². The maximum absolute atomic E-state index is 5.51. The molecule has 0 aromatic carbocycles. The van der Waals surface area contributed by atoms with E-state index >= 15 is 0 Å². The lowest BCUT2D eigenvalue weighted by Gasteiger charge is -2.20. The SMILES string of the molecule is CC1=NCC2SCOC2C1. The summed E-state index contributed by atoms with van der Waals surface area (Å²) in [6.07, 6.45) is 1.53. The maximum Gasteiger partial charge on any atom is 0.0929 e. The minimum absolute atomic E-state index is 0.475. The van der Waals surface area contributed by atoms with Crippen molar-refractivity contribution in [3.8, 4) is 0 Å². The van der Waals surface area contributed by atoms with Gasteiger partial charge >= 0.3 is 0 Å². The first-order chi connectivity index (χ1) is 4.86. The fraction of sp³-hybridized carbons (Fsp3) is 0.857. The molecule has 0 radical (unpaired) electrons. The second-order valence-electron chi connectivity index (χ2n) is 2.81. The summed E-state index contributed by atoms with van der Waals surface area (Å²) >= 11 is 1.90. The van der Waals surface area contributed by atoms with Crippen LogP contribution in [-0.4, -0.2) is 29.5 Å². The van der Waals surface area contributed by atoms with Crippen LogP contribution in [0.5, 0.6) is 0 Å². The molecule has 2 heterocycles. The first kappa shape index (κ1) is 6.68. The summed E-state index contributed by atoms with van der Waals surface area (Å²) in [6.45, 7) is 3.06. The highest BCUT2D eigenvalue weighted by Gasteiger charge is 2.31. The van der Waals surface area contributed by atoms with Gasteiger partial charge in [-0.2, -0.15) is 0 Å². The molecule has 10 heavy (non-hydrogen) atoms. The van der Waals surface area contributed by atoms with Gasteiger partial charge in [0.05, 0.1) is 23.8 Å². The highest BCUT2D eigenvalue weighted by Crippen LogP contribution is 2.30. The van der Waals surface area contributed by atoms with Crippen LogP contribution in [0.25, 0.3) is 0 Å². The average Bonchev–Trinajstić information content (AvgIpc) is 2.33. The fourth-order valence-corrected chi connectivity index (χ4v) is 2.39. The van der Waals surface area contributed by atoms with Gasteiger partial charge in [0, 0.05) is 12.1 Å². The molecule has 0 bridgehead atoms. The summed E-state index contributed by atoms with van der Waals surface area (Å²) in [5.74, 6) is 0.873. The Kier molecular flexibility index (Phi) is 1.70. The first-order valence-corrected chi connectivity index (χ1v) is 4.64. The van der Waals surface area contributed by atoms with Crippen LogP contribution >= 0.6 is 11.8 Å². The van der Waals surface area contributed by atoms with Crippen LogP contribution < -0.4 is 0 Å². The van der Waals surface area contributed by atoms with Crippen LogP contribution in [0.1, 0.15) is 13.3 Å². The van der Waals surface area contributed by atoms with E-state index in [0.29, 0.717) is 11.4 Å². The Balaban J connectivity index is 2.08. The Bertz CT molecular complexity index is 169. The zero-order valence-electron chi connectivity index (χ0n) is 6.04. The molecule has 2 aliphatic heterocycles. The zero-order chi connectivity index (χ0) is 6.97. The third-order valence-electron chi connectivity index (χ3n) is 2.02. The molecule has 0 saturated carbocycles. The lowest BCUT2D eigenvalue weighted by Crippen LogP contribution is -2.29. The Hall–Kier alpha value is -0.0200. The zero-order valence-corrected chi connectivity index (χ0v) is 6.86. The van der Waals surface area contributed by atoms with Crippen LogP contribution in [-0.2, 0) is 4.74 Å². The molecule has 2 atom stereocenters. The molecule has 0 spiro atoms. The molecule has 1 saturated heterocycles. The Morgan fingerprint density at radius 2 is 2.60 bits per heavy atom. The average molecular weight is 157 g/mol. The Labute approximate surface area is 65.0 Å². The van der Waals surface area contributed by atoms with Crippen molar-refractivity contribution < 1.29 is 4.74 Å². The summed E-state index contributed by atoms with van der Waals surface area (Å²) < 4.78 is 5.51. The topological polar surface area (TPSA) is 21.6 Å². The van der Waals surface area contributed by atoms with E-state index in [9.17, 15) is 0 Å². The number of nitrogens with zero attached hydrogens (tertiary/aromatic N) is 1. The van der Waals surface area contributed by atoms with E-state index in [1.165, 1.54) is 5.71 Å². The lowest BCUT2D eigenvalue weighted by molar-refractivity contribution is 0.111. The molecule has 3 heteroatoms. The molecule has 2 unspecified atom stereocenters. The molecule has 0 N–H and O–H groups in total. The van der Waals surface area contributed by atoms with Gasteiger partial charge in [-0.25, -0.2) is 0 Å². The highest BCUT2D eigenvalue weighted by molar-refractivity contribution is 8.00. The predicted octanol–water partition coefficient (Wildman–Crippen LogP) is 1.31. The first-order valence-electron chi connectivity index (χ1n) is 3.59. The number of fused-ring (bicyclic) bond motifs is 1. The van der Waals surface area contributed by atoms with Crippen molar-refractivity contribution >= 4 is 17.5 Å². The summed E-state index contributed by atoms with van der Waals surface area (Å²) in [6, 6.07) is 0. The number of hydrogen-bond acceptors (Lipinski definition) is 3. The normalized spacial score (nSPS) is 39.1. The van der Waals surface area contributed by atoms with Gasteiger partial charge in [-0.05, 0) is 6.92 Å². The van der Waals surface area contributed by atoms with Gasteiger partial charge in [-0.3, -0.25) is 4.99 Å². The lowest BCUT2D eigenvalue weighted by atomic mass is 10.1. The van der Waals surface area contributed by atoms with Gasteiger partial charge in [-0.15, -0.1) is 11.8 Å². The van der Waals surface area contributed by atoms with E-state index < -0.39 is 0 Å². The number of ether oxygens (including phenoxy) is 1. The van der Waals surface area contributed by atoms with Gasteiger partial charge in [0.15, 0.2) is 0 Å². The van der Waals surface area contributed by atoms with Crippen LogP contribution in [0, 0.1) is 0 Å². The van der Waals surface area contributed by atoms with Crippen molar-refractivity contribution in [3.05, 3.63) is 0 Å². The predicted molar refractivity (Wildman–Crippen MR) is 43.7 cm³/mol. The molecule has 1 fully saturated rings. The van der Waals surface area contributed by atoms with E-state index in [1.807, 2.05) is 11.8 Å². The summed E-state index contributed by atoms with van der Waals surface area (Å²) in [5, 5.41) is 0.656. The van der Waals surface area contributed by atoms with Crippen LogP contribution in [0.2, 0.25) is 0 Å². The standard InChI is InChI=1S/C7H11NOS/c1-5-2-6-7(3-8-5)10-4-9-6/h6-7H,2-4H2,1H3. The fourth-order valence-electron chi connectivity index (χ4n) is 1.39. The quantitative estimate of drug-likeness (QED) is 0.529. The van der Waals surface area contributed by atoms with Crippen molar-refractivity contribution in [1.29, 1.82) is 0 Å². The van der Waals surface area contributed by atoms with Crippen molar-refractivity contribution in [3.63, 3.8) is 0 Å². The molecule has 2 rings (SSSR count). The van der Waals surface area contributed by atoms with Crippen molar-refractivity contribution in [2.45, 2.75) is 24.7 Å². The Morgan fingerprint density at radius 3 is 3.50 bits per heavy atom. The molecule has 56 valence electrons. The van der Waals surface area contributed by atoms with E-state index in [1.54, 1.807) is 0 Å². The number of thioether (sulfide) groups is 1. The molecular formula is C7H11NOS. The smallest absolute Gasteiger partial charge is 0.0929 e. The number of rotatable bonds is 0. The molecule has 2 aliphatic rings. The van der Waals surface area contributed by atoms with Gasteiger partial charge in [0.25, 0.3) is 0 Å². The number of hydrogen-bond donors (Lipinski definition) is 0. The van der Waals surface area contributed by atoms with Crippen LogP contribution in [0.15, 0.2) is 4.99 Å². The second kappa shape index (κ2) is 2.55. The Morgan fingerprint density at radius 1 is 1.70 bits per heavy atom. The molecule has 2 nitrogen and oxygen atoms in total. The summed E-state index contributed by atoms with van der Waals surface area (Å²) in [4.78, 5) is 4.39. The monoisotopic (exact) mass is 157 g/mol. The molecule has 0 aliphatic carbocycles. The van der Waals surface area contributed by atoms with Gasteiger partial charge in [0.2, 0.25) is 0 Å². The largest absolute Gasteiger partial charge is 0.366 e. The molecular weight excluding hydrogens is 146 g/mol. The highest BCUT2D eigenvalue weighted by atomic mass is 32.2. The van der Waals surface area contributed by atoms with Crippen molar-refractivity contribution in [2.75, 3.05) is 12.5 Å². The second-order valence-corrected chi connectivity index (χ2v) is 3.98. The molecule has 0 aromatic rings. The van der Waals surface area contributed by atoms with Crippen molar-refractivity contribution in [2.24, 2.45) is 4.99 Å². The van der Waals surface area contributed by atoms with Gasteiger partial charge in [0.1, 0.15) is 0 Å². The van der Waals surface area contributed by atoms with Gasteiger partial charge in [-0.1, -0.05) is 0 Å². The number of aliphatic imine (C=N–C) groups is 1. The van der Waals surface area contributed by atoms with Crippen LogP contribution in [0.3, 0.4) is 0 Å². The summed E-state index contributed by atoms with van der Waals surface area (Å²) in [7, 11) is 0. The van der Waals surface area contributed by atoms with E-state index in [0.717, 1.165) is 18.9 Å². The van der Waals surface area contributed by atoms with Crippen LogP contribution in [0.4, 0.5) is 0 Å². The minimum Gasteiger partial charge on any atom is -0.366 e. The minimum atomic E-state index is 0.475. The van der Waals surface area contributed by atoms with E-state index in [4.69, 9.17) is 4.74 Å². The van der Waals surface area contributed by atoms with E-state index in [2.05, 4.69) is 11.9 Å². The summed E-state index contributed by atoms with van der Waals surface area (Å²) in [5.41, 5.74) is 1.25.